The first-order valence-corrected chi connectivity index (χ1v) is 9.11. The standard InChI is InChI=1S/C22H26F3NO2/c1-6-15(16-8-7-9-17(12-16)22(23,24)25)11-10-14(2)18-13-19(18)26-20(27)28-21(3,4)5/h6-12,18-19H,2,13H2,1,3-5H3,(H,26,27)/b11-10-,15-6+/t18-,19+/m1/s1. The molecule has 1 amide bonds. The number of alkyl carbamates (subject to hydrolysis) is 1. The highest BCUT2D eigenvalue weighted by atomic mass is 19.4. The third-order valence-electron chi connectivity index (χ3n) is 4.28. The number of benzene rings is 1. The van der Waals surface area contributed by atoms with Gasteiger partial charge in [-0.25, -0.2) is 4.79 Å². The summed E-state index contributed by atoms with van der Waals surface area (Å²) >= 11 is 0. The SMILES string of the molecule is C=C(/C=C\C(=C/C)c1cccc(C(F)(F)F)c1)[C@H]1C[C@@H]1NC(=O)OC(C)(C)C. The summed E-state index contributed by atoms with van der Waals surface area (Å²) in [6, 6.07) is 5.19. The Morgan fingerprint density at radius 1 is 1.25 bits per heavy atom. The molecule has 1 N–H and O–H groups in total. The van der Waals surface area contributed by atoms with Crippen molar-refractivity contribution in [2.75, 3.05) is 0 Å². The van der Waals surface area contributed by atoms with Crippen molar-refractivity contribution in [3.8, 4) is 0 Å². The van der Waals surface area contributed by atoms with E-state index in [-0.39, 0.29) is 12.0 Å². The fraction of sp³-hybridized carbons (Fsp3) is 0.409. The highest BCUT2D eigenvalue weighted by molar-refractivity contribution is 5.75. The van der Waals surface area contributed by atoms with E-state index in [4.69, 9.17) is 4.74 Å². The van der Waals surface area contributed by atoms with Crippen LogP contribution in [0.25, 0.3) is 5.57 Å². The van der Waals surface area contributed by atoms with Crippen LogP contribution in [-0.4, -0.2) is 17.7 Å². The zero-order valence-corrected chi connectivity index (χ0v) is 16.6. The van der Waals surface area contributed by atoms with Crippen LogP contribution in [0.3, 0.4) is 0 Å². The predicted molar refractivity (Wildman–Crippen MR) is 105 cm³/mol. The molecule has 1 saturated carbocycles. The molecule has 0 aromatic heterocycles. The molecule has 1 aliphatic rings. The number of hydrogen-bond acceptors (Lipinski definition) is 2. The number of rotatable bonds is 5. The molecule has 2 atom stereocenters. The first-order valence-electron chi connectivity index (χ1n) is 9.11. The topological polar surface area (TPSA) is 38.3 Å². The lowest BCUT2D eigenvalue weighted by Gasteiger charge is -2.19. The number of alkyl halides is 3. The van der Waals surface area contributed by atoms with Crippen LogP contribution in [-0.2, 0) is 10.9 Å². The third-order valence-corrected chi connectivity index (χ3v) is 4.28. The number of hydrogen-bond donors (Lipinski definition) is 1. The number of amides is 1. The normalized spacial score (nSPS) is 20.2. The van der Waals surface area contributed by atoms with Crippen LogP contribution in [0, 0.1) is 5.92 Å². The molecule has 3 nitrogen and oxygen atoms in total. The summed E-state index contributed by atoms with van der Waals surface area (Å²) in [4.78, 5) is 11.8. The van der Waals surface area contributed by atoms with Gasteiger partial charge in [0.25, 0.3) is 0 Å². The van der Waals surface area contributed by atoms with Crippen molar-refractivity contribution in [3.63, 3.8) is 0 Å². The van der Waals surface area contributed by atoms with Gasteiger partial charge in [-0.15, -0.1) is 0 Å². The smallest absolute Gasteiger partial charge is 0.416 e. The number of carbonyl (C=O) groups is 1. The van der Waals surface area contributed by atoms with Gasteiger partial charge in [0.1, 0.15) is 5.60 Å². The molecular weight excluding hydrogens is 367 g/mol. The van der Waals surface area contributed by atoms with E-state index >= 15 is 0 Å². The van der Waals surface area contributed by atoms with Crippen LogP contribution in [0.15, 0.2) is 54.6 Å². The Morgan fingerprint density at radius 3 is 2.50 bits per heavy atom. The Hall–Kier alpha value is -2.50. The Balaban J connectivity index is 1.98. The van der Waals surface area contributed by atoms with Gasteiger partial charge < -0.3 is 10.1 Å². The first kappa shape index (κ1) is 21.8. The molecule has 2 rings (SSSR count). The number of allylic oxidation sites excluding steroid dienone is 4. The molecule has 1 aliphatic carbocycles. The number of nitrogens with one attached hydrogen (secondary N) is 1. The lowest BCUT2D eigenvalue weighted by molar-refractivity contribution is -0.137. The molecule has 6 heteroatoms. The molecule has 0 aliphatic heterocycles. The summed E-state index contributed by atoms with van der Waals surface area (Å²) in [5, 5.41) is 2.80. The van der Waals surface area contributed by atoms with E-state index in [1.807, 2.05) is 0 Å². The molecule has 1 aromatic rings. The van der Waals surface area contributed by atoms with Crippen molar-refractivity contribution in [1.29, 1.82) is 0 Å². The van der Waals surface area contributed by atoms with Crippen molar-refractivity contribution >= 4 is 11.7 Å². The lowest BCUT2D eigenvalue weighted by Crippen LogP contribution is -2.34. The largest absolute Gasteiger partial charge is 0.444 e. The summed E-state index contributed by atoms with van der Waals surface area (Å²) in [5.74, 6) is 0.100. The second kappa shape index (κ2) is 8.25. The van der Waals surface area contributed by atoms with Crippen molar-refractivity contribution in [2.24, 2.45) is 5.92 Å². The van der Waals surface area contributed by atoms with Crippen LogP contribution in [0.4, 0.5) is 18.0 Å². The molecule has 0 bridgehead atoms. The maximum absolute atomic E-state index is 12.9. The minimum atomic E-state index is -4.38. The maximum Gasteiger partial charge on any atom is 0.416 e. The van der Waals surface area contributed by atoms with Gasteiger partial charge in [-0.2, -0.15) is 13.2 Å². The van der Waals surface area contributed by atoms with Gasteiger partial charge >= 0.3 is 12.3 Å². The van der Waals surface area contributed by atoms with Gasteiger partial charge in [0.15, 0.2) is 0 Å². The van der Waals surface area contributed by atoms with Crippen LogP contribution in [0.2, 0.25) is 0 Å². The number of ether oxygens (including phenoxy) is 1. The van der Waals surface area contributed by atoms with Crippen LogP contribution < -0.4 is 5.32 Å². The lowest BCUT2D eigenvalue weighted by atomic mass is 10.0. The zero-order chi connectivity index (χ0) is 21.1. The van der Waals surface area contributed by atoms with E-state index in [0.717, 1.165) is 24.1 Å². The van der Waals surface area contributed by atoms with Crippen LogP contribution in [0.1, 0.15) is 45.2 Å². The molecule has 1 fully saturated rings. The zero-order valence-electron chi connectivity index (χ0n) is 16.6. The van der Waals surface area contributed by atoms with Gasteiger partial charge in [0.2, 0.25) is 0 Å². The Labute approximate surface area is 164 Å². The van der Waals surface area contributed by atoms with E-state index < -0.39 is 23.4 Å². The summed E-state index contributed by atoms with van der Waals surface area (Å²) < 4.78 is 44.0. The van der Waals surface area contributed by atoms with Crippen molar-refractivity contribution in [1.82, 2.24) is 5.32 Å². The Kier molecular flexibility index (Phi) is 6.42. The summed E-state index contributed by atoms with van der Waals surface area (Å²) in [6.07, 6.45) is 1.21. The van der Waals surface area contributed by atoms with E-state index in [0.29, 0.717) is 11.1 Å². The molecule has 28 heavy (non-hydrogen) atoms. The summed E-state index contributed by atoms with van der Waals surface area (Å²) in [6.45, 7) is 11.2. The number of halogens is 3. The van der Waals surface area contributed by atoms with Crippen LogP contribution in [0.5, 0.6) is 0 Å². The monoisotopic (exact) mass is 393 g/mol. The molecule has 1 aromatic carbocycles. The van der Waals surface area contributed by atoms with E-state index in [9.17, 15) is 18.0 Å². The minimum absolute atomic E-state index is 0.0328. The van der Waals surface area contributed by atoms with Crippen LogP contribution >= 0.6 is 0 Å². The highest BCUT2D eigenvalue weighted by Gasteiger charge is 2.40. The molecule has 0 saturated heterocycles. The summed E-state index contributed by atoms with van der Waals surface area (Å²) in [5.41, 5.74) is 0.731. The van der Waals surface area contributed by atoms with Gasteiger partial charge in [0.05, 0.1) is 5.56 Å². The predicted octanol–water partition coefficient (Wildman–Crippen LogP) is 6.13. The third kappa shape index (κ3) is 6.29. The molecular formula is C22H26F3NO2. The van der Waals surface area contributed by atoms with Gasteiger partial charge in [-0.05, 0) is 63.0 Å². The van der Waals surface area contributed by atoms with E-state index in [2.05, 4.69) is 11.9 Å². The fourth-order valence-corrected chi connectivity index (χ4v) is 2.78. The summed E-state index contributed by atoms with van der Waals surface area (Å²) in [7, 11) is 0. The second-order valence-electron chi connectivity index (χ2n) is 7.83. The number of carbonyl (C=O) groups excluding carboxylic acids is 1. The molecule has 0 spiro atoms. The average Bonchev–Trinajstić information content (AvgIpc) is 3.32. The Morgan fingerprint density at radius 2 is 1.93 bits per heavy atom. The van der Waals surface area contributed by atoms with E-state index in [1.54, 1.807) is 52.0 Å². The minimum Gasteiger partial charge on any atom is -0.444 e. The fourth-order valence-electron chi connectivity index (χ4n) is 2.78. The van der Waals surface area contributed by atoms with Crippen molar-refractivity contribution in [3.05, 3.63) is 65.8 Å². The molecule has 0 radical (unpaired) electrons. The molecule has 0 unspecified atom stereocenters. The van der Waals surface area contributed by atoms with Crippen molar-refractivity contribution < 1.29 is 22.7 Å². The van der Waals surface area contributed by atoms with Gasteiger partial charge in [0, 0.05) is 12.0 Å². The van der Waals surface area contributed by atoms with Gasteiger partial charge in [-0.3, -0.25) is 0 Å². The van der Waals surface area contributed by atoms with Gasteiger partial charge in [-0.1, -0.05) is 36.9 Å². The van der Waals surface area contributed by atoms with Crippen molar-refractivity contribution in [2.45, 2.75) is 51.9 Å². The molecule has 0 heterocycles. The Bertz CT molecular complexity index is 801. The average molecular weight is 393 g/mol. The molecule has 152 valence electrons. The quantitative estimate of drug-likeness (QED) is 0.611. The maximum atomic E-state index is 12.9. The first-order chi connectivity index (χ1) is 12.9. The highest BCUT2D eigenvalue weighted by Crippen LogP contribution is 2.38. The second-order valence-corrected chi connectivity index (χ2v) is 7.83. The van der Waals surface area contributed by atoms with E-state index in [1.165, 1.54) is 6.07 Å².